The van der Waals surface area contributed by atoms with Crippen molar-refractivity contribution >= 4 is 23.0 Å². The summed E-state index contributed by atoms with van der Waals surface area (Å²) in [4.78, 5) is 30.6. The number of rotatable bonds is 6. The summed E-state index contributed by atoms with van der Waals surface area (Å²) in [5.74, 6) is -1.41. The van der Waals surface area contributed by atoms with Gasteiger partial charge in [0.25, 0.3) is 11.4 Å². The molecule has 0 fully saturated rings. The van der Waals surface area contributed by atoms with Crippen LogP contribution in [0.5, 0.6) is 0 Å². The van der Waals surface area contributed by atoms with Gasteiger partial charge in [0.15, 0.2) is 6.04 Å². The number of non-ortho nitro benzene ring substituents is 1. The minimum atomic E-state index is -1.48. The summed E-state index contributed by atoms with van der Waals surface area (Å²) in [5.41, 5.74) is -1.37. The van der Waals surface area contributed by atoms with Gasteiger partial charge in [-0.15, -0.1) is 0 Å². The first-order valence-electron chi connectivity index (χ1n) is 5.34. The van der Waals surface area contributed by atoms with Crippen LogP contribution in [-0.4, -0.2) is 38.2 Å². The third-order valence-electron chi connectivity index (χ3n) is 2.45. The number of aliphatic hydroxyl groups is 1. The Bertz CT molecular complexity index is 558. The molecule has 3 N–H and O–H groups in total. The molecule has 10 heteroatoms. The number of nitro benzene ring substituents is 2. The monoisotopic (exact) mass is 285 g/mol. The molecule has 10 nitrogen and oxygen atoms in total. The van der Waals surface area contributed by atoms with Crippen molar-refractivity contribution in [2.45, 2.75) is 19.1 Å². The Hall–Kier alpha value is -2.75. The Morgan fingerprint density at radius 2 is 1.90 bits per heavy atom. The Morgan fingerprint density at radius 1 is 1.30 bits per heavy atom. The standard InChI is InChI=1S/C10H11N3O7/c1-5(14)9(10(15)16)11-7-3-2-6(12(17)18)4-8(7)13(19)20/h2-5,9,11,14H,1H3,(H,15,16)/t5-,9-/m1/s1. The van der Waals surface area contributed by atoms with Gasteiger partial charge in [-0.05, 0) is 13.0 Å². The third-order valence-corrected chi connectivity index (χ3v) is 2.45. The molecule has 1 rings (SSSR count). The largest absolute Gasteiger partial charge is 0.480 e. The Balaban J connectivity index is 3.20. The van der Waals surface area contributed by atoms with Crippen LogP contribution in [0.2, 0.25) is 0 Å². The minimum Gasteiger partial charge on any atom is -0.480 e. The van der Waals surface area contributed by atoms with E-state index in [1.54, 1.807) is 0 Å². The van der Waals surface area contributed by atoms with Crippen LogP contribution in [-0.2, 0) is 4.79 Å². The highest BCUT2D eigenvalue weighted by molar-refractivity contribution is 5.80. The molecule has 0 saturated heterocycles. The van der Waals surface area contributed by atoms with Crippen LogP contribution in [0.1, 0.15) is 6.92 Å². The molecule has 0 unspecified atom stereocenters. The van der Waals surface area contributed by atoms with Crippen molar-refractivity contribution in [3.05, 3.63) is 38.4 Å². The second-order valence-electron chi connectivity index (χ2n) is 3.92. The van der Waals surface area contributed by atoms with E-state index in [9.17, 15) is 30.1 Å². The van der Waals surface area contributed by atoms with E-state index in [0.717, 1.165) is 12.1 Å². The summed E-state index contributed by atoms with van der Waals surface area (Å²) < 4.78 is 0. The molecular formula is C10H11N3O7. The van der Waals surface area contributed by atoms with Crippen LogP contribution in [0.25, 0.3) is 0 Å². The van der Waals surface area contributed by atoms with E-state index in [4.69, 9.17) is 5.11 Å². The number of hydrogen-bond donors (Lipinski definition) is 3. The van der Waals surface area contributed by atoms with E-state index < -0.39 is 39.3 Å². The number of benzene rings is 1. The van der Waals surface area contributed by atoms with Gasteiger partial charge in [-0.2, -0.15) is 0 Å². The number of hydrogen-bond acceptors (Lipinski definition) is 7. The molecule has 0 saturated carbocycles. The molecule has 0 aliphatic rings. The smallest absolute Gasteiger partial charge is 0.328 e. The average molecular weight is 285 g/mol. The fourth-order valence-electron chi connectivity index (χ4n) is 1.46. The van der Waals surface area contributed by atoms with Gasteiger partial charge in [0.2, 0.25) is 0 Å². The molecule has 0 radical (unpaired) electrons. The first kappa shape index (κ1) is 15.3. The molecular weight excluding hydrogens is 274 g/mol. The zero-order valence-corrected chi connectivity index (χ0v) is 10.2. The average Bonchev–Trinajstić information content (AvgIpc) is 2.34. The number of nitrogens with one attached hydrogen (secondary N) is 1. The molecule has 0 aliphatic heterocycles. The van der Waals surface area contributed by atoms with Gasteiger partial charge in [0, 0.05) is 6.07 Å². The van der Waals surface area contributed by atoms with Gasteiger partial charge in [-0.25, -0.2) is 4.79 Å². The number of aliphatic hydroxyl groups excluding tert-OH is 1. The van der Waals surface area contributed by atoms with Crippen LogP contribution in [0, 0.1) is 20.2 Å². The molecule has 20 heavy (non-hydrogen) atoms. The number of anilines is 1. The van der Waals surface area contributed by atoms with E-state index in [1.165, 1.54) is 6.92 Å². The van der Waals surface area contributed by atoms with Crippen molar-refractivity contribution in [3.8, 4) is 0 Å². The summed E-state index contributed by atoms with van der Waals surface area (Å²) in [6.45, 7) is 1.20. The topological polar surface area (TPSA) is 156 Å². The Labute approximate surface area is 111 Å². The third kappa shape index (κ3) is 3.38. The normalized spacial score (nSPS) is 13.3. The van der Waals surface area contributed by atoms with Crippen LogP contribution in [0.3, 0.4) is 0 Å². The number of carboxylic acids is 1. The number of carboxylic acid groups (broad SMARTS) is 1. The molecule has 2 atom stereocenters. The van der Waals surface area contributed by atoms with Crippen molar-refractivity contribution in [2.75, 3.05) is 5.32 Å². The number of aliphatic carboxylic acids is 1. The lowest BCUT2D eigenvalue weighted by molar-refractivity contribution is -0.393. The molecule has 1 aromatic rings. The molecule has 0 bridgehead atoms. The number of nitrogens with zero attached hydrogens (tertiary/aromatic N) is 2. The maximum Gasteiger partial charge on any atom is 0.328 e. The highest BCUT2D eigenvalue weighted by Gasteiger charge is 2.27. The first-order valence-corrected chi connectivity index (χ1v) is 5.34. The zero-order chi connectivity index (χ0) is 15.4. The highest BCUT2D eigenvalue weighted by Crippen LogP contribution is 2.29. The lowest BCUT2D eigenvalue weighted by atomic mass is 10.1. The van der Waals surface area contributed by atoms with E-state index in [-0.39, 0.29) is 5.69 Å². The van der Waals surface area contributed by atoms with Gasteiger partial charge < -0.3 is 15.5 Å². The lowest BCUT2D eigenvalue weighted by Crippen LogP contribution is -2.39. The predicted octanol–water partition coefficient (Wildman–Crippen LogP) is 0.749. The lowest BCUT2D eigenvalue weighted by Gasteiger charge is -2.17. The van der Waals surface area contributed by atoms with Gasteiger partial charge in [-0.3, -0.25) is 20.2 Å². The quantitative estimate of drug-likeness (QED) is 0.510. The number of nitro groups is 2. The van der Waals surface area contributed by atoms with Gasteiger partial charge in [0.05, 0.1) is 22.0 Å². The molecule has 0 aliphatic carbocycles. The fraction of sp³-hybridized carbons (Fsp3) is 0.300. The molecule has 1 aromatic carbocycles. The number of carbonyl (C=O) groups is 1. The Morgan fingerprint density at radius 3 is 2.30 bits per heavy atom. The van der Waals surface area contributed by atoms with Crippen LogP contribution < -0.4 is 5.32 Å². The van der Waals surface area contributed by atoms with Crippen molar-refractivity contribution in [1.29, 1.82) is 0 Å². The first-order chi connectivity index (χ1) is 9.23. The SMILES string of the molecule is C[C@@H](O)[C@@H](Nc1ccc([N+](=O)[O-])cc1[N+](=O)[O-])C(=O)O. The van der Waals surface area contributed by atoms with Crippen molar-refractivity contribution in [3.63, 3.8) is 0 Å². The van der Waals surface area contributed by atoms with Crippen LogP contribution >= 0.6 is 0 Å². The van der Waals surface area contributed by atoms with Crippen LogP contribution in [0.15, 0.2) is 18.2 Å². The second kappa shape index (κ2) is 5.93. The van der Waals surface area contributed by atoms with E-state index in [2.05, 4.69) is 5.32 Å². The maximum absolute atomic E-state index is 10.9. The van der Waals surface area contributed by atoms with Gasteiger partial charge in [-0.1, -0.05) is 0 Å². The molecule has 0 heterocycles. The van der Waals surface area contributed by atoms with Crippen LogP contribution in [0.4, 0.5) is 17.1 Å². The summed E-state index contributed by atoms with van der Waals surface area (Å²) in [6, 6.07) is 1.25. The maximum atomic E-state index is 10.9. The van der Waals surface area contributed by atoms with Crippen molar-refractivity contribution in [1.82, 2.24) is 0 Å². The second-order valence-corrected chi connectivity index (χ2v) is 3.92. The van der Waals surface area contributed by atoms with E-state index in [0.29, 0.717) is 6.07 Å². The summed E-state index contributed by atoms with van der Waals surface area (Å²) in [5, 5.41) is 41.9. The molecule has 0 spiro atoms. The molecule has 108 valence electrons. The highest BCUT2D eigenvalue weighted by atomic mass is 16.6. The van der Waals surface area contributed by atoms with Gasteiger partial charge in [0.1, 0.15) is 5.69 Å². The van der Waals surface area contributed by atoms with Crippen molar-refractivity contribution < 1.29 is 24.9 Å². The zero-order valence-electron chi connectivity index (χ0n) is 10.2. The Kier molecular flexibility index (Phi) is 4.54. The summed E-state index contributed by atoms with van der Waals surface area (Å²) in [6.07, 6.45) is -1.32. The van der Waals surface area contributed by atoms with E-state index >= 15 is 0 Å². The summed E-state index contributed by atoms with van der Waals surface area (Å²) >= 11 is 0. The molecule has 0 aromatic heterocycles. The fourth-order valence-corrected chi connectivity index (χ4v) is 1.46. The minimum absolute atomic E-state index is 0.228. The van der Waals surface area contributed by atoms with E-state index in [1.807, 2.05) is 0 Å². The molecule has 0 amide bonds. The predicted molar refractivity (Wildman–Crippen MR) is 66.5 cm³/mol. The van der Waals surface area contributed by atoms with Gasteiger partial charge >= 0.3 is 5.97 Å². The summed E-state index contributed by atoms with van der Waals surface area (Å²) in [7, 11) is 0. The van der Waals surface area contributed by atoms with Crippen molar-refractivity contribution in [2.24, 2.45) is 0 Å².